The normalized spacial score (nSPS) is 17.2. The highest BCUT2D eigenvalue weighted by molar-refractivity contribution is 5.95. The fourth-order valence-corrected chi connectivity index (χ4v) is 2.83. The molecule has 0 heterocycles. The monoisotopic (exact) mass is 282 g/mol. The molecule has 1 fully saturated rings. The van der Waals surface area contributed by atoms with E-state index in [4.69, 9.17) is 5.73 Å². The topological polar surface area (TPSA) is 55.1 Å². The van der Waals surface area contributed by atoms with E-state index >= 15 is 0 Å². The van der Waals surface area contributed by atoms with Gasteiger partial charge in [-0.25, -0.2) is 8.78 Å². The van der Waals surface area contributed by atoms with Crippen LogP contribution in [0.2, 0.25) is 0 Å². The Bertz CT molecular complexity index is 499. The molecule has 20 heavy (non-hydrogen) atoms. The quantitative estimate of drug-likeness (QED) is 0.891. The zero-order chi connectivity index (χ0) is 14.7. The lowest BCUT2D eigenvalue weighted by Crippen LogP contribution is -2.45. The first-order valence-electron chi connectivity index (χ1n) is 7.00. The minimum absolute atomic E-state index is 0.218. The summed E-state index contributed by atoms with van der Waals surface area (Å²) >= 11 is 0. The number of hydrogen-bond acceptors (Lipinski definition) is 2. The minimum Gasteiger partial charge on any atom is -0.348 e. The molecule has 1 saturated carbocycles. The highest BCUT2D eigenvalue weighted by Crippen LogP contribution is 2.27. The maximum absolute atomic E-state index is 13.9. The third kappa shape index (κ3) is 2.98. The van der Waals surface area contributed by atoms with Crippen LogP contribution in [0.4, 0.5) is 8.78 Å². The Morgan fingerprint density at radius 3 is 2.65 bits per heavy atom. The lowest BCUT2D eigenvalue weighted by atomic mass is 9.97. The first kappa shape index (κ1) is 14.9. The summed E-state index contributed by atoms with van der Waals surface area (Å²) in [6, 6.07) is 2.21. The molecule has 110 valence electrons. The van der Waals surface area contributed by atoms with Crippen LogP contribution in [0.1, 0.15) is 41.6 Å². The molecule has 0 bridgehead atoms. The predicted molar refractivity (Wildman–Crippen MR) is 73.4 cm³/mol. The molecule has 1 aromatic rings. The molecule has 0 spiro atoms. The maximum atomic E-state index is 13.9. The van der Waals surface area contributed by atoms with Crippen LogP contribution in [-0.2, 0) is 0 Å². The number of carbonyl (C=O) groups is 1. The van der Waals surface area contributed by atoms with Gasteiger partial charge in [0.25, 0.3) is 5.91 Å². The van der Waals surface area contributed by atoms with Crippen molar-refractivity contribution < 1.29 is 13.6 Å². The summed E-state index contributed by atoms with van der Waals surface area (Å²) in [7, 11) is 0. The Morgan fingerprint density at radius 2 is 2.05 bits per heavy atom. The Morgan fingerprint density at radius 1 is 1.40 bits per heavy atom. The van der Waals surface area contributed by atoms with Crippen LogP contribution in [0.3, 0.4) is 0 Å². The second-order valence-corrected chi connectivity index (χ2v) is 5.41. The van der Waals surface area contributed by atoms with Crippen LogP contribution in [0, 0.1) is 24.5 Å². The minimum atomic E-state index is -0.840. The Balaban J connectivity index is 2.17. The lowest BCUT2D eigenvalue weighted by molar-refractivity contribution is 0.0915. The molecule has 5 heteroatoms. The van der Waals surface area contributed by atoms with E-state index in [-0.39, 0.29) is 18.2 Å². The van der Waals surface area contributed by atoms with Gasteiger partial charge < -0.3 is 11.1 Å². The van der Waals surface area contributed by atoms with Crippen LogP contribution >= 0.6 is 0 Å². The molecule has 3 N–H and O–H groups in total. The van der Waals surface area contributed by atoms with Gasteiger partial charge in [0, 0.05) is 12.6 Å². The van der Waals surface area contributed by atoms with Crippen molar-refractivity contribution in [2.75, 3.05) is 6.54 Å². The molecule has 0 radical (unpaired) electrons. The zero-order valence-corrected chi connectivity index (χ0v) is 11.6. The molecule has 3 nitrogen and oxygen atoms in total. The summed E-state index contributed by atoms with van der Waals surface area (Å²) in [4.78, 5) is 12.1. The van der Waals surface area contributed by atoms with E-state index in [0.29, 0.717) is 5.92 Å². The van der Waals surface area contributed by atoms with Gasteiger partial charge in [-0.3, -0.25) is 4.79 Å². The van der Waals surface area contributed by atoms with E-state index in [1.54, 1.807) is 0 Å². The summed E-state index contributed by atoms with van der Waals surface area (Å²) in [6.07, 6.45) is 4.23. The van der Waals surface area contributed by atoms with Crippen LogP contribution in [-0.4, -0.2) is 18.5 Å². The molecular formula is C15H20F2N2O. The van der Waals surface area contributed by atoms with Gasteiger partial charge in [-0.15, -0.1) is 0 Å². The molecule has 0 aliphatic heterocycles. The van der Waals surface area contributed by atoms with Gasteiger partial charge in [0.2, 0.25) is 0 Å². The molecule has 1 unspecified atom stereocenters. The van der Waals surface area contributed by atoms with E-state index < -0.39 is 23.1 Å². The van der Waals surface area contributed by atoms with E-state index in [2.05, 4.69) is 5.32 Å². The summed E-state index contributed by atoms with van der Waals surface area (Å²) in [5.41, 5.74) is 5.42. The van der Waals surface area contributed by atoms with Gasteiger partial charge in [-0.05, 0) is 37.3 Å². The lowest BCUT2D eigenvalue weighted by Gasteiger charge is -2.23. The van der Waals surface area contributed by atoms with E-state index in [9.17, 15) is 13.6 Å². The molecular weight excluding hydrogens is 262 g/mol. The molecule has 1 atom stereocenters. The predicted octanol–water partition coefficient (Wildman–Crippen LogP) is 2.52. The van der Waals surface area contributed by atoms with Gasteiger partial charge in [0.15, 0.2) is 0 Å². The van der Waals surface area contributed by atoms with E-state index in [1.165, 1.54) is 13.0 Å². The van der Waals surface area contributed by atoms with Gasteiger partial charge in [-0.1, -0.05) is 18.9 Å². The summed E-state index contributed by atoms with van der Waals surface area (Å²) in [5.74, 6) is -2.05. The second kappa shape index (κ2) is 6.31. The first-order chi connectivity index (χ1) is 9.54. The van der Waals surface area contributed by atoms with Gasteiger partial charge >= 0.3 is 0 Å². The number of benzene rings is 1. The van der Waals surface area contributed by atoms with Crippen molar-refractivity contribution in [3.8, 4) is 0 Å². The van der Waals surface area contributed by atoms with E-state index in [0.717, 1.165) is 31.7 Å². The van der Waals surface area contributed by atoms with Gasteiger partial charge in [0.05, 0.1) is 0 Å². The standard InChI is InChI=1S/C15H20F2N2O/c1-9-6-7-11(16)13(14(9)17)15(20)19-12(8-18)10-4-2-3-5-10/h6-7,10,12H,2-5,8,18H2,1H3,(H,19,20). The molecule has 0 saturated heterocycles. The largest absolute Gasteiger partial charge is 0.348 e. The number of hydrogen-bond donors (Lipinski definition) is 2. The molecule has 2 rings (SSSR count). The van der Waals surface area contributed by atoms with Crippen molar-refractivity contribution in [1.29, 1.82) is 0 Å². The Labute approximate surface area is 117 Å². The molecule has 1 aliphatic rings. The summed E-state index contributed by atoms with van der Waals surface area (Å²) in [6.45, 7) is 1.79. The SMILES string of the molecule is Cc1ccc(F)c(C(=O)NC(CN)C2CCCC2)c1F. The van der Waals surface area contributed by atoms with Crippen molar-refractivity contribution in [1.82, 2.24) is 5.32 Å². The molecule has 1 aromatic carbocycles. The highest BCUT2D eigenvalue weighted by atomic mass is 19.1. The maximum Gasteiger partial charge on any atom is 0.257 e. The van der Waals surface area contributed by atoms with E-state index in [1.807, 2.05) is 0 Å². The second-order valence-electron chi connectivity index (χ2n) is 5.41. The van der Waals surface area contributed by atoms with Gasteiger partial charge in [0.1, 0.15) is 17.2 Å². The summed E-state index contributed by atoms with van der Waals surface area (Å²) < 4.78 is 27.6. The molecule has 1 aliphatic carbocycles. The number of nitrogens with one attached hydrogen (secondary N) is 1. The molecule has 1 amide bonds. The number of nitrogens with two attached hydrogens (primary N) is 1. The van der Waals surface area contributed by atoms with Crippen molar-refractivity contribution in [3.63, 3.8) is 0 Å². The fourth-order valence-electron chi connectivity index (χ4n) is 2.83. The molecule has 0 aromatic heterocycles. The van der Waals surface area contributed by atoms with Crippen LogP contribution < -0.4 is 11.1 Å². The third-order valence-electron chi connectivity index (χ3n) is 4.05. The number of aryl methyl sites for hydroxylation is 1. The van der Waals surface area contributed by atoms with Gasteiger partial charge in [-0.2, -0.15) is 0 Å². The van der Waals surface area contributed by atoms with Crippen LogP contribution in [0.25, 0.3) is 0 Å². The Kier molecular flexibility index (Phi) is 4.70. The average molecular weight is 282 g/mol. The number of halogens is 2. The third-order valence-corrected chi connectivity index (χ3v) is 4.05. The number of carbonyl (C=O) groups excluding carboxylic acids is 1. The van der Waals surface area contributed by atoms with Crippen LogP contribution in [0.15, 0.2) is 12.1 Å². The zero-order valence-electron chi connectivity index (χ0n) is 11.6. The number of rotatable bonds is 4. The first-order valence-corrected chi connectivity index (χ1v) is 7.00. The summed E-state index contributed by atoms with van der Waals surface area (Å²) in [5, 5.41) is 2.69. The Hall–Kier alpha value is -1.49. The van der Waals surface area contributed by atoms with Crippen molar-refractivity contribution >= 4 is 5.91 Å². The van der Waals surface area contributed by atoms with Crippen molar-refractivity contribution in [2.24, 2.45) is 11.7 Å². The average Bonchev–Trinajstić information content (AvgIpc) is 2.94. The van der Waals surface area contributed by atoms with Crippen LogP contribution in [0.5, 0.6) is 0 Å². The van der Waals surface area contributed by atoms with Crippen molar-refractivity contribution in [2.45, 2.75) is 38.6 Å². The smallest absolute Gasteiger partial charge is 0.257 e. The van der Waals surface area contributed by atoms with Crippen molar-refractivity contribution in [3.05, 3.63) is 34.9 Å². The highest BCUT2D eigenvalue weighted by Gasteiger charge is 2.27. The fraction of sp³-hybridized carbons (Fsp3) is 0.533. The number of amides is 1.